The third-order valence-corrected chi connectivity index (χ3v) is 6.15. The molecular formula is C24H18Cl2N2O5S. The highest BCUT2D eigenvalue weighted by atomic mass is 35.5. The maximum atomic E-state index is 12.5. The molecule has 3 aromatic rings. The van der Waals surface area contributed by atoms with Crippen LogP contribution in [0.4, 0.5) is 5.69 Å². The number of nitriles is 1. The molecule has 0 unspecified atom stereocenters. The minimum absolute atomic E-state index is 0.0181. The number of amides is 1. The second-order valence-electron chi connectivity index (χ2n) is 6.76. The Hall–Kier alpha value is -3.51. The molecule has 0 bridgehead atoms. The van der Waals surface area contributed by atoms with E-state index in [1.165, 1.54) is 48.5 Å². The fourth-order valence-corrected chi connectivity index (χ4v) is 4.10. The van der Waals surface area contributed by atoms with Crippen molar-refractivity contribution in [3.05, 3.63) is 87.9 Å². The fraction of sp³-hybridized carbons (Fsp3) is 0.0833. The predicted octanol–water partition coefficient (Wildman–Crippen LogP) is 5.71. The van der Waals surface area contributed by atoms with Crippen molar-refractivity contribution >= 4 is 51.0 Å². The van der Waals surface area contributed by atoms with Crippen molar-refractivity contribution in [2.75, 3.05) is 11.9 Å². The van der Waals surface area contributed by atoms with Crippen LogP contribution in [0.5, 0.6) is 11.5 Å². The number of halogens is 2. The van der Waals surface area contributed by atoms with E-state index in [4.69, 9.17) is 32.1 Å². The molecule has 0 saturated carbocycles. The zero-order valence-electron chi connectivity index (χ0n) is 17.8. The van der Waals surface area contributed by atoms with Crippen LogP contribution < -0.4 is 14.2 Å². The van der Waals surface area contributed by atoms with Crippen LogP contribution in [0.3, 0.4) is 0 Å². The minimum Gasteiger partial charge on any atom is -0.494 e. The third-order valence-electron chi connectivity index (χ3n) is 4.36. The molecule has 0 aromatic heterocycles. The van der Waals surface area contributed by atoms with Crippen LogP contribution in [-0.4, -0.2) is 20.9 Å². The number of carbonyl (C=O) groups is 1. The molecule has 7 nitrogen and oxygen atoms in total. The summed E-state index contributed by atoms with van der Waals surface area (Å²) < 4.78 is 35.4. The van der Waals surface area contributed by atoms with Crippen LogP contribution in [0.1, 0.15) is 12.5 Å². The summed E-state index contributed by atoms with van der Waals surface area (Å²) >= 11 is 12.0. The van der Waals surface area contributed by atoms with Gasteiger partial charge in [-0.2, -0.15) is 13.7 Å². The van der Waals surface area contributed by atoms with Gasteiger partial charge in [0.1, 0.15) is 22.3 Å². The van der Waals surface area contributed by atoms with Gasteiger partial charge in [-0.05, 0) is 79.2 Å². The lowest BCUT2D eigenvalue weighted by atomic mass is 10.1. The van der Waals surface area contributed by atoms with Crippen LogP contribution in [-0.2, 0) is 14.9 Å². The first-order valence-electron chi connectivity index (χ1n) is 9.87. The quantitative estimate of drug-likeness (QED) is 0.233. The molecule has 174 valence electrons. The molecule has 0 saturated heterocycles. The van der Waals surface area contributed by atoms with Gasteiger partial charge in [0.25, 0.3) is 5.91 Å². The lowest BCUT2D eigenvalue weighted by molar-refractivity contribution is -0.112. The third kappa shape index (κ3) is 6.51. The van der Waals surface area contributed by atoms with Crippen LogP contribution in [0, 0.1) is 11.3 Å². The molecule has 0 atom stereocenters. The van der Waals surface area contributed by atoms with Crippen molar-refractivity contribution < 1.29 is 22.1 Å². The second kappa shape index (κ2) is 11.1. The Morgan fingerprint density at radius 2 is 1.74 bits per heavy atom. The average molecular weight is 517 g/mol. The Bertz CT molecular complexity index is 1360. The first-order valence-corrected chi connectivity index (χ1v) is 12.0. The van der Waals surface area contributed by atoms with E-state index in [1.807, 2.05) is 13.0 Å². The average Bonchev–Trinajstić information content (AvgIpc) is 2.81. The Morgan fingerprint density at radius 1 is 1.06 bits per heavy atom. The lowest BCUT2D eigenvalue weighted by Crippen LogP contribution is -2.13. The van der Waals surface area contributed by atoms with Crippen molar-refractivity contribution in [3.8, 4) is 17.6 Å². The Balaban J connectivity index is 1.75. The summed E-state index contributed by atoms with van der Waals surface area (Å²) in [5, 5.41) is 12.4. The summed E-state index contributed by atoms with van der Waals surface area (Å²) in [7, 11) is -4.13. The minimum atomic E-state index is -4.13. The Labute approximate surface area is 207 Å². The molecule has 0 heterocycles. The largest absolute Gasteiger partial charge is 0.494 e. The van der Waals surface area contributed by atoms with E-state index >= 15 is 0 Å². The molecule has 0 aliphatic carbocycles. The smallest absolute Gasteiger partial charge is 0.339 e. The maximum absolute atomic E-state index is 12.5. The van der Waals surface area contributed by atoms with Gasteiger partial charge in [-0.25, -0.2) is 0 Å². The number of nitrogens with zero attached hydrogens (tertiary/aromatic N) is 1. The van der Waals surface area contributed by atoms with Crippen LogP contribution in [0.25, 0.3) is 6.08 Å². The van der Waals surface area contributed by atoms with Gasteiger partial charge in [-0.1, -0.05) is 29.3 Å². The van der Waals surface area contributed by atoms with Crippen LogP contribution >= 0.6 is 23.2 Å². The first-order chi connectivity index (χ1) is 16.2. The summed E-state index contributed by atoms with van der Waals surface area (Å²) in [6, 6.07) is 18.2. The fourth-order valence-electron chi connectivity index (χ4n) is 2.76. The number of benzene rings is 3. The van der Waals surface area contributed by atoms with Gasteiger partial charge >= 0.3 is 10.1 Å². The van der Waals surface area contributed by atoms with Crippen LogP contribution in [0.2, 0.25) is 10.0 Å². The molecule has 0 spiro atoms. The summed E-state index contributed by atoms with van der Waals surface area (Å²) in [5.41, 5.74) is 0.718. The molecule has 0 radical (unpaired) electrons. The first kappa shape index (κ1) is 25.1. The zero-order valence-corrected chi connectivity index (χ0v) is 20.1. The molecule has 1 N–H and O–H groups in total. The van der Waals surface area contributed by atoms with E-state index in [0.29, 0.717) is 28.6 Å². The molecule has 10 heteroatoms. The molecule has 0 aliphatic heterocycles. The van der Waals surface area contributed by atoms with Crippen molar-refractivity contribution in [2.45, 2.75) is 11.8 Å². The molecule has 0 fully saturated rings. The van der Waals surface area contributed by atoms with Crippen molar-refractivity contribution in [2.24, 2.45) is 0 Å². The molecule has 0 aliphatic rings. The van der Waals surface area contributed by atoms with Gasteiger partial charge in [0, 0.05) is 10.7 Å². The highest BCUT2D eigenvalue weighted by Gasteiger charge is 2.18. The number of hydrogen-bond donors (Lipinski definition) is 1. The van der Waals surface area contributed by atoms with E-state index in [0.717, 1.165) is 0 Å². The molecule has 3 aromatic carbocycles. The van der Waals surface area contributed by atoms with Crippen molar-refractivity contribution in [3.63, 3.8) is 0 Å². The van der Waals surface area contributed by atoms with E-state index in [-0.39, 0.29) is 21.2 Å². The van der Waals surface area contributed by atoms with E-state index in [1.54, 1.807) is 24.3 Å². The monoisotopic (exact) mass is 516 g/mol. The summed E-state index contributed by atoms with van der Waals surface area (Å²) in [6.07, 6.45) is 1.33. The number of nitrogens with one attached hydrogen (secondary N) is 1. The number of carbonyl (C=O) groups excluding carboxylic acids is 1. The summed E-state index contributed by atoms with van der Waals surface area (Å²) in [5.74, 6) is -0.0638. The topological polar surface area (TPSA) is 105 Å². The molecule has 1 amide bonds. The molecule has 34 heavy (non-hydrogen) atoms. The normalized spacial score (nSPS) is 11.4. The van der Waals surface area contributed by atoms with Gasteiger partial charge in [-0.3, -0.25) is 4.79 Å². The number of hydrogen-bond acceptors (Lipinski definition) is 6. The summed E-state index contributed by atoms with van der Waals surface area (Å²) in [4.78, 5) is 12.4. The number of rotatable bonds is 8. The highest BCUT2D eigenvalue weighted by Crippen LogP contribution is 2.29. The predicted molar refractivity (Wildman–Crippen MR) is 131 cm³/mol. The van der Waals surface area contributed by atoms with Crippen LogP contribution in [0.15, 0.2) is 77.2 Å². The second-order valence-corrected chi connectivity index (χ2v) is 9.15. The molecular weight excluding hydrogens is 499 g/mol. The van der Waals surface area contributed by atoms with Gasteiger partial charge < -0.3 is 14.2 Å². The maximum Gasteiger partial charge on any atom is 0.339 e. The van der Waals surface area contributed by atoms with E-state index in [2.05, 4.69) is 5.32 Å². The highest BCUT2D eigenvalue weighted by molar-refractivity contribution is 7.87. The molecule has 3 rings (SSSR count). The van der Waals surface area contributed by atoms with E-state index < -0.39 is 16.0 Å². The summed E-state index contributed by atoms with van der Waals surface area (Å²) in [6.45, 7) is 2.38. The number of ether oxygens (including phenoxy) is 1. The SMILES string of the molecule is CCOc1ccc(NC(=O)/C(C#N)=C/c2ccc(OS(=O)(=O)c3ccc(Cl)cc3)c(Cl)c2)cc1. The van der Waals surface area contributed by atoms with Gasteiger partial charge in [0.15, 0.2) is 5.75 Å². The lowest BCUT2D eigenvalue weighted by Gasteiger charge is -2.09. The Morgan fingerprint density at radius 3 is 2.32 bits per heavy atom. The standard InChI is InChI=1S/C24H18Cl2N2O5S/c1-2-32-20-8-6-19(7-9-20)28-24(29)17(15-27)13-16-3-12-23(22(26)14-16)33-34(30,31)21-10-4-18(25)5-11-21/h3-14H,2H2,1H3,(H,28,29)/b17-13+. The Kier molecular flexibility index (Phi) is 8.18. The van der Waals surface area contributed by atoms with Crippen molar-refractivity contribution in [1.29, 1.82) is 5.26 Å². The van der Waals surface area contributed by atoms with Gasteiger partial charge in [0.2, 0.25) is 0 Å². The van der Waals surface area contributed by atoms with Gasteiger partial charge in [-0.15, -0.1) is 0 Å². The zero-order chi connectivity index (χ0) is 24.7. The van der Waals surface area contributed by atoms with E-state index in [9.17, 15) is 18.5 Å². The van der Waals surface area contributed by atoms with Crippen molar-refractivity contribution in [1.82, 2.24) is 0 Å². The number of anilines is 1. The van der Waals surface area contributed by atoms with Gasteiger partial charge in [0.05, 0.1) is 11.6 Å².